The first kappa shape index (κ1) is 13.9. The molecule has 0 radical (unpaired) electrons. The summed E-state index contributed by atoms with van der Waals surface area (Å²) >= 11 is 0. The molecule has 0 heterocycles. The van der Waals surface area contributed by atoms with Crippen LogP contribution in [0.1, 0.15) is 20.8 Å². The Morgan fingerprint density at radius 3 is 2.27 bits per heavy atom. The number of rotatable bonds is 5. The summed E-state index contributed by atoms with van der Waals surface area (Å²) in [7, 11) is 0. The molecule has 6 heteroatoms. The van der Waals surface area contributed by atoms with Crippen molar-refractivity contribution in [3.05, 3.63) is 0 Å². The van der Waals surface area contributed by atoms with Gasteiger partial charge in [0.25, 0.3) is 0 Å². The summed E-state index contributed by atoms with van der Waals surface area (Å²) in [4.78, 5) is 22.1. The van der Waals surface area contributed by atoms with Crippen molar-refractivity contribution in [1.82, 2.24) is 10.4 Å². The second-order valence-electron chi connectivity index (χ2n) is 4.22. The number of carbonyl (C=O) groups is 2. The normalized spacial score (nSPS) is 11.2. The first-order valence-electron chi connectivity index (χ1n) is 4.76. The van der Waals surface area contributed by atoms with E-state index >= 15 is 0 Å². The average Bonchev–Trinajstić information content (AvgIpc) is 2.09. The fraction of sp³-hybridized carbons (Fsp3) is 0.778. The minimum absolute atomic E-state index is 0.172. The van der Waals surface area contributed by atoms with Crippen LogP contribution in [0.25, 0.3) is 0 Å². The molecule has 0 fully saturated rings. The summed E-state index contributed by atoms with van der Waals surface area (Å²) in [5, 5.41) is 9.74. The van der Waals surface area contributed by atoms with Gasteiger partial charge in [-0.25, -0.2) is 5.43 Å². The SMILES string of the molecule is CC(C)(C)C(=O)N(CCN)NCC(=O)O. The molecular formula is C9H19N3O3. The van der Waals surface area contributed by atoms with E-state index in [4.69, 9.17) is 10.8 Å². The van der Waals surface area contributed by atoms with Crippen molar-refractivity contribution in [1.29, 1.82) is 0 Å². The lowest BCUT2D eigenvalue weighted by Crippen LogP contribution is -2.51. The fourth-order valence-electron chi connectivity index (χ4n) is 0.949. The highest BCUT2D eigenvalue weighted by molar-refractivity contribution is 5.81. The molecule has 0 aromatic carbocycles. The molecule has 0 aromatic heterocycles. The van der Waals surface area contributed by atoms with Crippen LogP contribution in [-0.2, 0) is 9.59 Å². The van der Waals surface area contributed by atoms with Gasteiger partial charge >= 0.3 is 5.97 Å². The van der Waals surface area contributed by atoms with Gasteiger partial charge in [0.2, 0.25) is 5.91 Å². The maximum absolute atomic E-state index is 11.8. The molecule has 0 atom stereocenters. The first-order chi connectivity index (χ1) is 6.79. The predicted octanol–water partition coefficient (Wildman–Crippen LogP) is -0.591. The number of nitrogens with two attached hydrogens (primary N) is 1. The fourth-order valence-corrected chi connectivity index (χ4v) is 0.949. The van der Waals surface area contributed by atoms with Crippen LogP contribution >= 0.6 is 0 Å². The number of nitrogens with zero attached hydrogens (tertiary/aromatic N) is 1. The number of carboxylic acids is 1. The second-order valence-corrected chi connectivity index (χ2v) is 4.22. The van der Waals surface area contributed by atoms with Gasteiger partial charge in [0, 0.05) is 18.5 Å². The Bertz CT molecular complexity index is 235. The van der Waals surface area contributed by atoms with Gasteiger partial charge in [-0.2, -0.15) is 0 Å². The van der Waals surface area contributed by atoms with Crippen molar-refractivity contribution in [2.45, 2.75) is 20.8 Å². The number of aliphatic carboxylic acids is 1. The Hall–Kier alpha value is -1.14. The smallest absolute Gasteiger partial charge is 0.319 e. The van der Waals surface area contributed by atoms with E-state index in [1.54, 1.807) is 20.8 Å². The molecule has 6 nitrogen and oxygen atoms in total. The number of carbonyl (C=O) groups excluding carboxylic acids is 1. The zero-order valence-corrected chi connectivity index (χ0v) is 9.41. The van der Waals surface area contributed by atoms with Crippen molar-refractivity contribution in [2.75, 3.05) is 19.6 Å². The number of carboxylic acid groups (broad SMARTS) is 1. The molecular weight excluding hydrogens is 198 g/mol. The van der Waals surface area contributed by atoms with Crippen LogP contribution in [0.15, 0.2) is 0 Å². The summed E-state index contributed by atoms with van der Waals surface area (Å²) in [5.41, 5.74) is 7.31. The third kappa shape index (κ3) is 5.34. The molecule has 0 aliphatic rings. The number of hydrazine groups is 1. The van der Waals surface area contributed by atoms with Gasteiger partial charge in [-0.05, 0) is 0 Å². The molecule has 0 spiro atoms. The van der Waals surface area contributed by atoms with Gasteiger partial charge in [-0.15, -0.1) is 0 Å². The minimum Gasteiger partial charge on any atom is -0.480 e. The number of hydrogen-bond acceptors (Lipinski definition) is 4. The third-order valence-electron chi connectivity index (χ3n) is 1.66. The molecule has 0 aliphatic carbocycles. The van der Waals surface area contributed by atoms with Crippen LogP contribution in [0.5, 0.6) is 0 Å². The van der Waals surface area contributed by atoms with Gasteiger partial charge in [0.1, 0.15) is 6.54 Å². The van der Waals surface area contributed by atoms with E-state index in [9.17, 15) is 9.59 Å². The summed E-state index contributed by atoms with van der Waals surface area (Å²) < 4.78 is 0. The van der Waals surface area contributed by atoms with E-state index in [-0.39, 0.29) is 19.0 Å². The molecule has 4 N–H and O–H groups in total. The molecule has 0 aromatic rings. The average molecular weight is 217 g/mol. The van der Waals surface area contributed by atoms with E-state index in [0.29, 0.717) is 6.54 Å². The molecule has 0 saturated carbocycles. The van der Waals surface area contributed by atoms with Gasteiger partial charge in [-0.3, -0.25) is 14.6 Å². The molecule has 88 valence electrons. The van der Waals surface area contributed by atoms with Crippen molar-refractivity contribution in [3.8, 4) is 0 Å². The number of hydrogen-bond donors (Lipinski definition) is 3. The topological polar surface area (TPSA) is 95.7 Å². The first-order valence-corrected chi connectivity index (χ1v) is 4.76. The van der Waals surface area contributed by atoms with Gasteiger partial charge in [0.15, 0.2) is 0 Å². The molecule has 0 saturated heterocycles. The lowest BCUT2D eigenvalue weighted by molar-refractivity contribution is -0.145. The summed E-state index contributed by atoms with van der Waals surface area (Å²) in [5.74, 6) is -1.19. The molecule has 0 unspecified atom stereocenters. The zero-order chi connectivity index (χ0) is 12.1. The van der Waals surface area contributed by atoms with Crippen molar-refractivity contribution >= 4 is 11.9 Å². The zero-order valence-electron chi connectivity index (χ0n) is 9.41. The maximum Gasteiger partial charge on any atom is 0.319 e. The van der Waals surface area contributed by atoms with E-state index in [0.717, 1.165) is 0 Å². The standard InChI is InChI=1S/C9H19N3O3/c1-9(2,3)8(15)12(5-4-10)11-6-7(13)14/h11H,4-6,10H2,1-3H3,(H,13,14). The van der Waals surface area contributed by atoms with Gasteiger partial charge in [0.05, 0.1) is 0 Å². The van der Waals surface area contributed by atoms with Crippen molar-refractivity contribution < 1.29 is 14.7 Å². The lowest BCUT2D eigenvalue weighted by Gasteiger charge is -2.28. The van der Waals surface area contributed by atoms with E-state index in [1.807, 2.05) is 0 Å². The third-order valence-corrected chi connectivity index (χ3v) is 1.66. The molecule has 15 heavy (non-hydrogen) atoms. The van der Waals surface area contributed by atoms with Crippen LogP contribution in [-0.4, -0.2) is 41.6 Å². The highest BCUT2D eigenvalue weighted by Gasteiger charge is 2.27. The Kier molecular flexibility index (Phi) is 5.24. The number of amides is 1. The Balaban J connectivity index is 4.38. The summed E-state index contributed by atoms with van der Waals surface area (Å²) in [6.45, 7) is 5.59. The maximum atomic E-state index is 11.8. The quantitative estimate of drug-likeness (QED) is 0.535. The monoisotopic (exact) mass is 217 g/mol. The van der Waals surface area contributed by atoms with E-state index < -0.39 is 11.4 Å². The Morgan fingerprint density at radius 2 is 1.93 bits per heavy atom. The molecule has 0 rings (SSSR count). The largest absolute Gasteiger partial charge is 0.480 e. The Labute approximate surface area is 89.4 Å². The Morgan fingerprint density at radius 1 is 1.40 bits per heavy atom. The van der Waals surface area contributed by atoms with Crippen LogP contribution in [0.3, 0.4) is 0 Å². The summed E-state index contributed by atoms with van der Waals surface area (Å²) in [6, 6.07) is 0. The van der Waals surface area contributed by atoms with E-state index in [2.05, 4.69) is 5.43 Å². The van der Waals surface area contributed by atoms with Crippen LogP contribution in [0.4, 0.5) is 0 Å². The highest BCUT2D eigenvalue weighted by atomic mass is 16.4. The van der Waals surface area contributed by atoms with Crippen molar-refractivity contribution in [3.63, 3.8) is 0 Å². The number of nitrogens with one attached hydrogen (secondary N) is 1. The minimum atomic E-state index is -1.02. The highest BCUT2D eigenvalue weighted by Crippen LogP contribution is 2.15. The summed E-state index contributed by atoms with van der Waals surface area (Å²) in [6.07, 6.45) is 0. The molecule has 0 bridgehead atoms. The van der Waals surface area contributed by atoms with Crippen LogP contribution < -0.4 is 11.2 Å². The molecule has 0 aliphatic heterocycles. The van der Waals surface area contributed by atoms with Crippen molar-refractivity contribution in [2.24, 2.45) is 11.1 Å². The van der Waals surface area contributed by atoms with E-state index in [1.165, 1.54) is 5.01 Å². The second kappa shape index (κ2) is 5.67. The van der Waals surface area contributed by atoms with Gasteiger partial charge in [-0.1, -0.05) is 20.8 Å². The van der Waals surface area contributed by atoms with Gasteiger partial charge < -0.3 is 10.8 Å². The molecule has 1 amide bonds. The lowest BCUT2D eigenvalue weighted by atomic mass is 9.95. The van der Waals surface area contributed by atoms with Crippen LogP contribution in [0.2, 0.25) is 0 Å². The van der Waals surface area contributed by atoms with Crippen LogP contribution in [0, 0.1) is 5.41 Å². The predicted molar refractivity (Wildman–Crippen MR) is 55.9 cm³/mol.